The molecule has 0 saturated heterocycles. The summed E-state index contributed by atoms with van der Waals surface area (Å²) in [5.74, 6) is 0.179. The minimum absolute atomic E-state index is 0.0116. The van der Waals surface area contributed by atoms with E-state index in [2.05, 4.69) is 10.5 Å². The second-order valence-electron chi connectivity index (χ2n) is 7.13. The Balaban J connectivity index is 1.33. The lowest BCUT2D eigenvalue weighted by atomic mass is 10.2. The van der Waals surface area contributed by atoms with Crippen molar-refractivity contribution in [1.82, 2.24) is 5.43 Å². The molecule has 4 aromatic rings. The molecule has 32 heavy (non-hydrogen) atoms. The van der Waals surface area contributed by atoms with Gasteiger partial charge in [0.05, 0.1) is 11.1 Å². The SMILES string of the molecule is Cc1ccc(COc2ccc(/C=N/NC(=O)c3cc4cc([N+](=O)[O-])ccc4o3)cc2)cc1. The molecule has 160 valence electrons. The van der Waals surface area contributed by atoms with Crippen LogP contribution in [-0.4, -0.2) is 17.0 Å². The van der Waals surface area contributed by atoms with Crippen molar-refractivity contribution in [3.63, 3.8) is 0 Å². The molecule has 4 rings (SSSR count). The smallest absolute Gasteiger partial charge is 0.307 e. The van der Waals surface area contributed by atoms with E-state index in [1.165, 1.54) is 36.0 Å². The Morgan fingerprint density at radius 3 is 2.56 bits per heavy atom. The van der Waals surface area contributed by atoms with E-state index >= 15 is 0 Å². The monoisotopic (exact) mass is 429 g/mol. The topological polar surface area (TPSA) is 107 Å². The van der Waals surface area contributed by atoms with E-state index in [1.54, 1.807) is 0 Å². The zero-order chi connectivity index (χ0) is 22.5. The van der Waals surface area contributed by atoms with Crippen LogP contribution in [-0.2, 0) is 6.61 Å². The number of nitro benzene ring substituents is 1. The van der Waals surface area contributed by atoms with Gasteiger partial charge in [-0.2, -0.15) is 5.10 Å². The third-order valence-electron chi connectivity index (χ3n) is 4.72. The van der Waals surface area contributed by atoms with E-state index < -0.39 is 10.8 Å². The number of aryl methyl sites for hydroxylation is 1. The molecule has 3 aromatic carbocycles. The molecule has 1 aromatic heterocycles. The van der Waals surface area contributed by atoms with Crippen LogP contribution in [0.4, 0.5) is 5.69 Å². The maximum Gasteiger partial charge on any atom is 0.307 e. The highest BCUT2D eigenvalue weighted by Gasteiger charge is 2.14. The first-order valence-corrected chi connectivity index (χ1v) is 9.78. The summed E-state index contributed by atoms with van der Waals surface area (Å²) in [5, 5.41) is 15.3. The fraction of sp³-hybridized carbons (Fsp3) is 0.0833. The van der Waals surface area contributed by atoms with Gasteiger partial charge in [0, 0.05) is 17.5 Å². The Hall–Kier alpha value is -4.46. The van der Waals surface area contributed by atoms with Crippen molar-refractivity contribution >= 4 is 28.8 Å². The van der Waals surface area contributed by atoms with Crippen molar-refractivity contribution < 1.29 is 18.9 Å². The first-order valence-electron chi connectivity index (χ1n) is 9.78. The number of carbonyl (C=O) groups excluding carboxylic acids is 1. The number of fused-ring (bicyclic) bond motifs is 1. The van der Waals surface area contributed by atoms with E-state index in [1.807, 2.05) is 55.5 Å². The van der Waals surface area contributed by atoms with Gasteiger partial charge in [-0.05, 0) is 54.4 Å². The van der Waals surface area contributed by atoms with Gasteiger partial charge < -0.3 is 9.15 Å². The molecular formula is C24H19N3O5. The highest BCUT2D eigenvalue weighted by molar-refractivity contribution is 5.97. The number of nitrogens with one attached hydrogen (secondary N) is 1. The van der Waals surface area contributed by atoms with Gasteiger partial charge in [0.1, 0.15) is 17.9 Å². The number of hydrogen-bond acceptors (Lipinski definition) is 6. The number of ether oxygens (including phenoxy) is 1. The van der Waals surface area contributed by atoms with Crippen LogP contribution >= 0.6 is 0 Å². The Labute approximate surface area is 183 Å². The number of furan rings is 1. The normalized spacial score (nSPS) is 11.0. The quantitative estimate of drug-likeness (QED) is 0.253. The van der Waals surface area contributed by atoms with E-state index in [4.69, 9.17) is 9.15 Å². The van der Waals surface area contributed by atoms with E-state index in [0.29, 0.717) is 17.6 Å². The van der Waals surface area contributed by atoms with Gasteiger partial charge in [-0.15, -0.1) is 0 Å². The zero-order valence-electron chi connectivity index (χ0n) is 17.1. The summed E-state index contributed by atoms with van der Waals surface area (Å²) in [5.41, 5.74) is 5.75. The summed E-state index contributed by atoms with van der Waals surface area (Å²) in [4.78, 5) is 22.6. The number of hydrogen-bond donors (Lipinski definition) is 1. The highest BCUT2D eigenvalue weighted by Crippen LogP contribution is 2.24. The molecule has 0 aliphatic heterocycles. The van der Waals surface area contributed by atoms with E-state index in [0.717, 1.165) is 16.9 Å². The summed E-state index contributed by atoms with van der Waals surface area (Å²) in [7, 11) is 0. The summed E-state index contributed by atoms with van der Waals surface area (Å²) in [6.07, 6.45) is 1.50. The third kappa shape index (κ3) is 4.99. The number of rotatable bonds is 7. The van der Waals surface area contributed by atoms with E-state index in [9.17, 15) is 14.9 Å². The lowest BCUT2D eigenvalue weighted by Crippen LogP contribution is -2.16. The molecule has 0 atom stereocenters. The molecule has 1 amide bonds. The van der Waals surface area contributed by atoms with Gasteiger partial charge in [0.2, 0.25) is 0 Å². The van der Waals surface area contributed by atoms with Crippen LogP contribution in [0.15, 0.2) is 82.3 Å². The molecule has 0 saturated carbocycles. The fourth-order valence-electron chi connectivity index (χ4n) is 2.98. The molecule has 8 heteroatoms. The van der Waals surface area contributed by atoms with Crippen molar-refractivity contribution in [1.29, 1.82) is 0 Å². The molecule has 0 radical (unpaired) electrons. The average molecular weight is 429 g/mol. The maximum atomic E-state index is 12.2. The Bertz CT molecular complexity index is 1290. The van der Waals surface area contributed by atoms with Crippen molar-refractivity contribution in [3.05, 3.63) is 105 Å². The molecule has 0 unspecified atom stereocenters. The van der Waals surface area contributed by atoms with Crippen LogP contribution in [0.2, 0.25) is 0 Å². The molecule has 0 aliphatic carbocycles. The van der Waals surface area contributed by atoms with E-state index in [-0.39, 0.29) is 11.4 Å². The van der Waals surface area contributed by atoms with Crippen LogP contribution in [0.1, 0.15) is 27.2 Å². The number of nitrogens with zero attached hydrogens (tertiary/aromatic N) is 2. The first kappa shape index (κ1) is 20.8. The van der Waals surface area contributed by atoms with Crippen molar-refractivity contribution in [2.75, 3.05) is 0 Å². The summed E-state index contributed by atoms with van der Waals surface area (Å²) >= 11 is 0. The number of nitro groups is 1. The summed E-state index contributed by atoms with van der Waals surface area (Å²) in [6, 6.07) is 21.0. The molecule has 0 fully saturated rings. The fourth-order valence-corrected chi connectivity index (χ4v) is 2.98. The minimum Gasteiger partial charge on any atom is -0.489 e. The van der Waals surface area contributed by atoms with Gasteiger partial charge >= 0.3 is 5.91 Å². The Kier molecular flexibility index (Phi) is 5.94. The number of non-ortho nitro benzene ring substituents is 1. The van der Waals surface area contributed by atoms with Crippen molar-refractivity contribution in [2.24, 2.45) is 5.10 Å². The third-order valence-corrected chi connectivity index (χ3v) is 4.72. The lowest BCUT2D eigenvalue weighted by Gasteiger charge is -2.06. The molecule has 1 N–H and O–H groups in total. The predicted octanol–water partition coefficient (Wildman–Crippen LogP) is 4.99. The first-order chi connectivity index (χ1) is 15.5. The predicted molar refractivity (Wildman–Crippen MR) is 120 cm³/mol. The van der Waals surface area contributed by atoms with Gasteiger partial charge in [-0.25, -0.2) is 5.43 Å². The Morgan fingerprint density at radius 1 is 1.09 bits per heavy atom. The van der Waals surface area contributed by atoms with Crippen LogP contribution in [0.5, 0.6) is 5.75 Å². The van der Waals surface area contributed by atoms with Crippen LogP contribution in [0.25, 0.3) is 11.0 Å². The lowest BCUT2D eigenvalue weighted by molar-refractivity contribution is -0.384. The second kappa shape index (κ2) is 9.13. The van der Waals surface area contributed by atoms with Gasteiger partial charge in [0.25, 0.3) is 5.69 Å². The maximum absolute atomic E-state index is 12.2. The average Bonchev–Trinajstić information content (AvgIpc) is 3.23. The number of amides is 1. The van der Waals surface area contributed by atoms with Crippen molar-refractivity contribution in [2.45, 2.75) is 13.5 Å². The standard InChI is InChI=1S/C24H19N3O5/c1-16-2-4-18(5-3-16)15-31-21-9-6-17(7-10-21)14-25-26-24(28)23-13-19-12-20(27(29)30)8-11-22(19)32-23/h2-14H,15H2,1H3,(H,26,28)/b25-14+. The van der Waals surface area contributed by atoms with Gasteiger partial charge in [0.15, 0.2) is 5.76 Å². The van der Waals surface area contributed by atoms with Crippen LogP contribution in [0, 0.1) is 17.0 Å². The minimum atomic E-state index is -0.557. The molecule has 0 aliphatic rings. The molecule has 0 bridgehead atoms. The summed E-state index contributed by atoms with van der Waals surface area (Å²) < 4.78 is 11.2. The molecule has 1 heterocycles. The van der Waals surface area contributed by atoms with Gasteiger partial charge in [-0.3, -0.25) is 14.9 Å². The van der Waals surface area contributed by atoms with Crippen LogP contribution < -0.4 is 10.2 Å². The van der Waals surface area contributed by atoms with Crippen LogP contribution in [0.3, 0.4) is 0 Å². The summed E-state index contributed by atoms with van der Waals surface area (Å²) in [6.45, 7) is 2.52. The largest absolute Gasteiger partial charge is 0.489 e. The second-order valence-corrected chi connectivity index (χ2v) is 7.13. The number of carbonyl (C=O) groups is 1. The highest BCUT2D eigenvalue weighted by atomic mass is 16.6. The number of benzene rings is 3. The molecule has 0 spiro atoms. The molecular weight excluding hydrogens is 410 g/mol. The zero-order valence-corrected chi connectivity index (χ0v) is 17.1. The Morgan fingerprint density at radius 2 is 1.84 bits per heavy atom. The number of hydrazone groups is 1. The molecule has 8 nitrogen and oxygen atoms in total. The van der Waals surface area contributed by atoms with Gasteiger partial charge in [-0.1, -0.05) is 29.8 Å². The van der Waals surface area contributed by atoms with Crippen molar-refractivity contribution in [3.8, 4) is 5.75 Å².